The molecule has 0 amide bonds. The number of carbonyl (C=O) groups is 2. The summed E-state index contributed by atoms with van der Waals surface area (Å²) in [4.78, 5) is 24.0. The molecule has 3 saturated carbocycles. The van der Waals surface area contributed by atoms with Crippen LogP contribution < -0.4 is 0 Å². The van der Waals surface area contributed by atoms with Gasteiger partial charge in [0.2, 0.25) is 0 Å². The van der Waals surface area contributed by atoms with E-state index in [-0.39, 0.29) is 29.8 Å². The summed E-state index contributed by atoms with van der Waals surface area (Å²) in [7, 11) is 0. The summed E-state index contributed by atoms with van der Waals surface area (Å²) in [6.45, 7) is 3.71. The molecule has 4 heteroatoms. The predicted molar refractivity (Wildman–Crippen MR) is 83.4 cm³/mol. The van der Waals surface area contributed by atoms with Crippen molar-refractivity contribution in [2.75, 3.05) is 0 Å². The summed E-state index contributed by atoms with van der Waals surface area (Å²) in [6, 6.07) is 0. The van der Waals surface area contributed by atoms with Crippen molar-refractivity contribution in [3.05, 3.63) is 23.8 Å². The molecule has 0 aromatic heterocycles. The second-order valence-electron chi connectivity index (χ2n) is 8.23. The fourth-order valence-corrected chi connectivity index (χ4v) is 5.98. The third kappa shape index (κ3) is 1.63. The first-order chi connectivity index (χ1) is 10.7. The molecular weight excluding hydrogens is 295 g/mol. The van der Waals surface area contributed by atoms with Crippen LogP contribution in [-0.4, -0.2) is 28.4 Å². The average Bonchev–Trinajstić information content (AvgIpc) is 2.77. The van der Waals surface area contributed by atoms with E-state index < -0.39 is 22.6 Å². The lowest BCUT2D eigenvalue weighted by Gasteiger charge is -2.60. The van der Waals surface area contributed by atoms with Gasteiger partial charge in [-0.05, 0) is 50.7 Å². The Hall–Kier alpha value is -1.29. The van der Waals surface area contributed by atoms with Crippen LogP contribution in [0.3, 0.4) is 0 Å². The molecule has 4 rings (SSSR count). The maximum absolute atomic E-state index is 16.4. The highest BCUT2D eigenvalue weighted by Gasteiger charge is 2.70. The van der Waals surface area contributed by atoms with Gasteiger partial charge in [-0.1, -0.05) is 18.6 Å². The highest BCUT2D eigenvalue weighted by atomic mass is 19.1. The molecular formula is C19H23FO3. The van der Waals surface area contributed by atoms with E-state index in [2.05, 4.69) is 0 Å². The zero-order valence-electron chi connectivity index (χ0n) is 13.6. The largest absolute Gasteiger partial charge is 0.390 e. The fraction of sp³-hybridized carbons (Fsp3) is 0.684. The van der Waals surface area contributed by atoms with Crippen molar-refractivity contribution in [3.8, 4) is 0 Å². The van der Waals surface area contributed by atoms with E-state index in [4.69, 9.17) is 0 Å². The van der Waals surface area contributed by atoms with Gasteiger partial charge in [-0.15, -0.1) is 0 Å². The zero-order valence-corrected chi connectivity index (χ0v) is 13.6. The van der Waals surface area contributed by atoms with Gasteiger partial charge in [-0.3, -0.25) is 9.59 Å². The molecule has 1 unspecified atom stereocenters. The zero-order chi connectivity index (χ0) is 16.6. The summed E-state index contributed by atoms with van der Waals surface area (Å²) in [5.74, 6) is -0.273. The van der Waals surface area contributed by atoms with E-state index in [1.807, 2.05) is 6.92 Å². The number of rotatable bonds is 0. The second kappa shape index (κ2) is 4.41. The van der Waals surface area contributed by atoms with E-state index in [0.717, 1.165) is 12.0 Å². The fourth-order valence-electron chi connectivity index (χ4n) is 5.98. The lowest BCUT2D eigenvalue weighted by atomic mass is 9.46. The topological polar surface area (TPSA) is 54.4 Å². The van der Waals surface area contributed by atoms with E-state index in [9.17, 15) is 14.7 Å². The van der Waals surface area contributed by atoms with Gasteiger partial charge in [0, 0.05) is 23.2 Å². The molecule has 23 heavy (non-hydrogen) atoms. The first-order valence-corrected chi connectivity index (χ1v) is 8.58. The molecule has 0 aromatic rings. The molecule has 3 fully saturated rings. The maximum atomic E-state index is 16.4. The summed E-state index contributed by atoms with van der Waals surface area (Å²) in [5.41, 5.74) is -2.55. The van der Waals surface area contributed by atoms with Gasteiger partial charge >= 0.3 is 0 Å². The number of carbonyl (C=O) groups excluding carboxylic acids is 2. The van der Waals surface area contributed by atoms with Crippen LogP contribution in [0.2, 0.25) is 0 Å². The first kappa shape index (κ1) is 15.3. The summed E-state index contributed by atoms with van der Waals surface area (Å²) < 4.78 is 16.4. The molecule has 1 N–H and O–H groups in total. The minimum absolute atomic E-state index is 0.00666. The number of aliphatic hydroxyl groups is 1. The van der Waals surface area contributed by atoms with Crippen molar-refractivity contribution in [2.24, 2.45) is 22.7 Å². The number of aliphatic hydroxyl groups excluding tert-OH is 1. The van der Waals surface area contributed by atoms with Gasteiger partial charge in [0.25, 0.3) is 0 Å². The lowest BCUT2D eigenvalue weighted by molar-refractivity contribution is -0.190. The van der Waals surface area contributed by atoms with Crippen molar-refractivity contribution in [3.63, 3.8) is 0 Å². The molecule has 0 aromatic carbocycles. The third-order valence-corrected chi connectivity index (χ3v) is 7.35. The van der Waals surface area contributed by atoms with Crippen molar-refractivity contribution >= 4 is 11.6 Å². The molecule has 0 heterocycles. The van der Waals surface area contributed by atoms with Crippen LogP contribution in [0.25, 0.3) is 0 Å². The van der Waals surface area contributed by atoms with Gasteiger partial charge in [0.15, 0.2) is 11.5 Å². The molecule has 4 aliphatic rings. The molecule has 124 valence electrons. The van der Waals surface area contributed by atoms with Gasteiger partial charge in [0.1, 0.15) is 5.78 Å². The van der Waals surface area contributed by atoms with E-state index in [0.29, 0.717) is 19.3 Å². The summed E-state index contributed by atoms with van der Waals surface area (Å²) >= 11 is 0. The quantitative estimate of drug-likeness (QED) is 0.747. The molecule has 4 aliphatic carbocycles. The Morgan fingerprint density at radius 3 is 2.61 bits per heavy atom. The molecule has 0 spiro atoms. The Balaban J connectivity index is 1.84. The average molecular weight is 318 g/mol. The van der Waals surface area contributed by atoms with Crippen molar-refractivity contribution < 1.29 is 19.1 Å². The minimum Gasteiger partial charge on any atom is -0.390 e. The highest BCUT2D eigenvalue weighted by Crippen LogP contribution is 2.66. The van der Waals surface area contributed by atoms with Gasteiger partial charge < -0.3 is 5.11 Å². The third-order valence-electron chi connectivity index (χ3n) is 7.35. The van der Waals surface area contributed by atoms with Crippen LogP contribution in [0.15, 0.2) is 23.8 Å². The van der Waals surface area contributed by atoms with Gasteiger partial charge in [-0.25, -0.2) is 4.39 Å². The normalized spacial score (nSPS) is 51.8. The predicted octanol–water partition coefficient (Wildman–Crippen LogP) is 2.93. The van der Waals surface area contributed by atoms with Crippen molar-refractivity contribution in [1.29, 1.82) is 0 Å². The highest BCUT2D eigenvalue weighted by molar-refractivity contribution is 6.01. The number of hydrogen-bond acceptors (Lipinski definition) is 3. The molecule has 0 saturated heterocycles. The Kier molecular flexibility index (Phi) is 2.92. The minimum atomic E-state index is -1.80. The SMILES string of the molecule is C[C@]12C=CC(=O)C=C1CC[C@H]1[C@@H]3CCC(=O)[C@@]3(C)C[C@H](O)C12F. The van der Waals surface area contributed by atoms with Crippen LogP contribution in [0.4, 0.5) is 4.39 Å². The number of alkyl halides is 1. The first-order valence-electron chi connectivity index (χ1n) is 8.58. The smallest absolute Gasteiger partial charge is 0.178 e. The van der Waals surface area contributed by atoms with Crippen molar-refractivity contribution in [1.82, 2.24) is 0 Å². The second-order valence-corrected chi connectivity index (χ2v) is 8.23. The Morgan fingerprint density at radius 1 is 1.17 bits per heavy atom. The Bertz CT molecular complexity index is 666. The summed E-state index contributed by atoms with van der Waals surface area (Å²) in [6.07, 6.45) is 6.10. The van der Waals surface area contributed by atoms with Gasteiger partial charge in [-0.2, -0.15) is 0 Å². The Morgan fingerprint density at radius 2 is 1.87 bits per heavy atom. The molecule has 0 bridgehead atoms. The van der Waals surface area contributed by atoms with E-state index in [1.165, 1.54) is 12.2 Å². The van der Waals surface area contributed by atoms with E-state index >= 15 is 4.39 Å². The van der Waals surface area contributed by atoms with E-state index in [1.54, 1.807) is 13.0 Å². The molecule has 0 aliphatic heterocycles. The molecule has 3 nitrogen and oxygen atoms in total. The van der Waals surface area contributed by atoms with Crippen LogP contribution in [0.1, 0.15) is 46.0 Å². The van der Waals surface area contributed by atoms with Gasteiger partial charge in [0.05, 0.1) is 6.10 Å². The van der Waals surface area contributed by atoms with Crippen LogP contribution >= 0.6 is 0 Å². The molecule has 6 atom stereocenters. The number of halogens is 1. The van der Waals surface area contributed by atoms with Crippen molar-refractivity contribution in [2.45, 2.75) is 57.7 Å². The standard InChI is InChI=1S/C19H23FO3/c1-17-10-16(23)19(20)14(13(17)5-6-15(17)22)4-3-11-9-12(21)7-8-18(11,19)2/h7-9,13-14,16,23H,3-6,10H2,1-2H3/t13-,14-,16-,17-,18-,19?/m0/s1. The number of allylic oxidation sites excluding steroid dienone is 4. The lowest BCUT2D eigenvalue weighted by Crippen LogP contribution is -2.66. The summed E-state index contributed by atoms with van der Waals surface area (Å²) in [5, 5.41) is 10.8. The number of fused-ring (bicyclic) bond motifs is 5. The van der Waals surface area contributed by atoms with Crippen LogP contribution in [0.5, 0.6) is 0 Å². The number of ketones is 2. The number of hydrogen-bond donors (Lipinski definition) is 1. The number of Topliss-reactive ketones (excluding diaryl/α,β-unsaturated/α-hetero) is 1. The van der Waals surface area contributed by atoms with Crippen LogP contribution in [0, 0.1) is 22.7 Å². The van der Waals surface area contributed by atoms with Crippen LogP contribution in [-0.2, 0) is 9.59 Å². The Labute approximate surface area is 135 Å². The maximum Gasteiger partial charge on any atom is 0.178 e. The monoisotopic (exact) mass is 318 g/mol. The molecule has 0 radical (unpaired) electrons.